The number of ether oxygens (including phenoxy) is 2. The van der Waals surface area contributed by atoms with Gasteiger partial charge in [0, 0.05) is 16.1 Å². The molecule has 7 nitrogen and oxygen atoms in total. The Balaban J connectivity index is 1.76. The third-order valence-electron chi connectivity index (χ3n) is 4.81. The smallest absolute Gasteiger partial charge is 0.295 e. The Morgan fingerprint density at radius 1 is 1.00 bits per heavy atom. The van der Waals surface area contributed by atoms with Crippen LogP contribution in [0.1, 0.15) is 16.2 Å². The Morgan fingerprint density at radius 2 is 1.78 bits per heavy atom. The zero-order valence-electron chi connectivity index (χ0n) is 17.8. The average Bonchev–Trinajstić information content (AvgIpc) is 3.25. The molecule has 1 heterocycles. The highest BCUT2D eigenvalue weighted by Crippen LogP contribution is 2.30. The van der Waals surface area contributed by atoms with Gasteiger partial charge >= 0.3 is 0 Å². The van der Waals surface area contributed by atoms with Crippen molar-refractivity contribution >= 4 is 27.5 Å². The van der Waals surface area contributed by atoms with Crippen LogP contribution < -0.4 is 14.8 Å². The van der Waals surface area contributed by atoms with Gasteiger partial charge in [-0.2, -0.15) is 0 Å². The quantitative estimate of drug-likeness (QED) is 0.396. The van der Waals surface area contributed by atoms with Gasteiger partial charge in [-0.1, -0.05) is 40.2 Å². The molecule has 162 valence electrons. The van der Waals surface area contributed by atoms with Gasteiger partial charge in [-0.25, -0.2) is 9.67 Å². The van der Waals surface area contributed by atoms with E-state index in [1.165, 1.54) is 7.11 Å². The lowest BCUT2D eigenvalue weighted by Crippen LogP contribution is -2.15. The summed E-state index contributed by atoms with van der Waals surface area (Å²) < 4.78 is 13.2. The first-order valence-corrected chi connectivity index (χ1v) is 10.6. The van der Waals surface area contributed by atoms with Crippen LogP contribution in [-0.4, -0.2) is 34.9 Å². The number of rotatable bonds is 6. The number of aryl methyl sites for hydroxylation is 1. The van der Waals surface area contributed by atoms with Gasteiger partial charge < -0.3 is 14.8 Å². The fourth-order valence-electron chi connectivity index (χ4n) is 3.22. The largest absolute Gasteiger partial charge is 0.497 e. The molecule has 0 aliphatic carbocycles. The minimum atomic E-state index is -0.457. The summed E-state index contributed by atoms with van der Waals surface area (Å²) in [5.74, 6) is 1.24. The zero-order valence-corrected chi connectivity index (χ0v) is 19.4. The molecular weight excluding hydrogens is 472 g/mol. The van der Waals surface area contributed by atoms with Crippen LogP contribution in [0.2, 0.25) is 0 Å². The summed E-state index contributed by atoms with van der Waals surface area (Å²) >= 11 is 3.45. The van der Waals surface area contributed by atoms with Gasteiger partial charge in [0.05, 0.1) is 25.6 Å². The molecule has 0 aliphatic heterocycles. The molecule has 1 amide bonds. The second kappa shape index (κ2) is 9.23. The third-order valence-corrected chi connectivity index (χ3v) is 5.34. The van der Waals surface area contributed by atoms with Gasteiger partial charge in [-0.3, -0.25) is 4.79 Å². The predicted octanol–water partition coefficient (Wildman–Crippen LogP) is 5.27. The van der Waals surface area contributed by atoms with Crippen LogP contribution in [0.3, 0.4) is 0 Å². The summed E-state index contributed by atoms with van der Waals surface area (Å²) in [5, 5.41) is 7.35. The van der Waals surface area contributed by atoms with Crippen LogP contribution in [0, 0.1) is 6.92 Å². The van der Waals surface area contributed by atoms with Crippen molar-refractivity contribution in [2.24, 2.45) is 0 Å². The summed E-state index contributed by atoms with van der Waals surface area (Å²) in [6, 6.07) is 20.7. The number of aromatic nitrogens is 3. The molecule has 1 aromatic heterocycles. The molecule has 0 aliphatic rings. The summed E-state index contributed by atoms with van der Waals surface area (Å²) in [4.78, 5) is 17.6. The van der Waals surface area contributed by atoms with Crippen molar-refractivity contribution in [3.05, 3.63) is 82.6 Å². The van der Waals surface area contributed by atoms with E-state index in [1.54, 1.807) is 30.0 Å². The van der Waals surface area contributed by atoms with Crippen molar-refractivity contribution in [3.8, 4) is 28.6 Å². The molecule has 0 bridgehead atoms. The highest BCUT2D eigenvalue weighted by molar-refractivity contribution is 9.10. The third kappa shape index (κ3) is 4.50. The van der Waals surface area contributed by atoms with E-state index in [4.69, 9.17) is 9.47 Å². The average molecular weight is 493 g/mol. The van der Waals surface area contributed by atoms with Gasteiger partial charge in [0.25, 0.3) is 5.91 Å². The number of nitrogens with one attached hydrogen (secondary N) is 1. The van der Waals surface area contributed by atoms with Crippen molar-refractivity contribution in [3.63, 3.8) is 0 Å². The molecule has 0 spiro atoms. The fourth-order valence-corrected chi connectivity index (χ4v) is 3.49. The molecule has 4 rings (SSSR count). The Morgan fingerprint density at radius 3 is 2.47 bits per heavy atom. The summed E-state index contributed by atoms with van der Waals surface area (Å²) in [5.41, 5.74) is 3.19. The normalized spacial score (nSPS) is 10.6. The molecular formula is C24H21BrN4O3. The number of hydrogen-bond acceptors (Lipinski definition) is 5. The zero-order chi connectivity index (χ0) is 22.7. The van der Waals surface area contributed by atoms with Crippen molar-refractivity contribution in [2.45, 2.75) is 6.92 Å². The maximum Gasteiger partial charge on any atom is 0.295 e. The standard InChI is InChI=1S/C24H21BrN4O3/c1-15-5-4-6-18(13-15)29-23(16-7-9-17(25)10-8-16)27-22(28-29)24(30)26-20-14-19(31-2)11-12-21(20)32-3/h4-14H,1-3H3,(H,26,30). The van der Waals surface area contributed by atoms with Crippen LogP contribution in [0.25, 0.3) is 17.1 Å². The van der Waals surface area contributed by atoms with Crippen LogP contribution in [-0.2, 0) is 0 Å². The van der Waals surface area contributed by atoms with Crippen molar-refractivity contribution in [1.82, 2.24) is 14.8 Å². The summed E-state index contributed by atoms with van der Waals surface area (Å²) in [7, 11) is 3.09. The molecule has 0 saturated heterocycles. The van der Waals surface area contributed by atoms with E-state index >= 15 is 0 Å². The summed E-state index contributed by atoms with van der Waals surface area (Å²) in [6.07, 6.45) is 0. The fraction of sp³-hybridized carbons (Fsp3) is 0.125. The molecule has 1 N–H and O–H groups in total. The lowest BCUT2D eigenvalue weighted by molar-refractivity contribution is 0.101. The second-order valence-electron chi connectivity index (χ2n) is 7.04. The maximum absolute atomic E-state index is 13.1. The van der Waals surface area contributed by atoms with E-state index in [2.05, 4.69) is 31.3 Å². The van der Waals surface area contributed by atoms with Crippen molar-refractivity contribution in [2.75, 3.05) is 19.5 Å². The number of anilines is 1. The van der Waals surface area contributed by atoms with E-state index < -0.39 is 5.91 Å². The van der Waals surface area contributed by atoms with E-state index in [-0.39, 0.29) is 5.82 Å². The van der Waals surface area contributed by atoms with Crippen LogP contribution in [0.15, 0.2) is 71.2 Å². The molecule has 0 saturated carbocycles. The molecule has 0 radical (unpaired) electrons. The number of nitrogens with zero attached hydrogens (tertiary/aromatic N) is 3. The molecule has 0 atom stereocenters. The predicted molar refractivity (Wildman–Crippen MR) is 127 cm³/mol. The maximum atomic E-state index is 13.1. The van der Waals surface area contributed by atoms with E-state index in [0.717, 1.165) is 21.3 Å². The number of methoxy groups -OCH3 is 2. The van der Waals surface area contributed by atoms with Gasteiger partial charge in [0.2, 0.25) is 5.82 Å². The van der Waals surface area contributed by atoms with E-state index in [1.807, 2.05) is 55.5 Å². The van der Waals surface area contributed by atoms with Crippen LogP contribution in [0.5, 0.6) is 11.5 Å². The van der Waals surface area contributed by atoms with Crippen LogP contribution >= 0.6 is 15.9 Å². The Kier molecular flexibility index (Phi) is 6.23. The Bertz CT molecular complexity index is 1270. The van der Waals surface area contributed by atoms with Crippen LogP contribution in [0.4, 0.5) is 5.69 Å². The van der Waals surface area contributed by atoms with Gasteiger partial charge in [0.1, 0.15) is 11.5 Å². The van der Waals surface area contributed by atoms with E-state index in [9.17, 15) is 4.79 Å². The molecule has 0 fully saturated rings. The molecule has 0 unspecified atom stereocenters. The van der Waals surface area contributed by atoms with Crippen molar-refractivity contribution < 1.29 is 14.3 Å². The highest BCUT2D eigenvalue weighted by Gasteiger charge is 2.20. The lowest BCUT2D eigenvalue weighted by atomic mass is 10.2. The summed E-state index contributed by atoms with van der Waals surface area (Å²) in [6.45, 7) is 2.00. The molecule has 4 aromatic rings. The molecule has 32 heavy (non-hydrogen) atoms. The molecule has 3 aromatic carbocycles. The minimum absolute atomic E-state index is 0.0364. The highest BCUT2D eigenvalue weighted by atomic mass is 79.9. The number of halogens is 1. The number of amides is 1. The number of hydrogen-bond donors (Lipinski definition) is 1. The lowest BCUT2D eigenvalue weighted by Gasteiger charge is -2.10. The first kappa shape index (κ1) is 21.6. The van der Waals surface area contributed by atoms with Gasteiger partial charge in [-0.15, -0.1) is 5.10 Å². The van der Waals surface area contributed by atoms with Gasteiger partial charge in [-0.05, 0) is 48.9 Å². The molecule has 8 heteroatoms. The second-order valence-corrected chi connectivity index (χ2v) is 7.95. The first-order valence-electron chi connectivity index (χ1n) is 9.82. The number of benzene rings is 3. The van der Waals surface area contributed by atoms with Gasteiger partial charge in [0.15, 0.2) is 5.82 Å². The van der Waals surface area contributed by atoms with E-state index in [0.29, 0.717) is 23.0 Å². The SMILES string of the molecule is COc1ccc(OC)c(NC(=O)c2nc(-c3ccc(Br)cc3)n(-c3cccc(C)c3)n2)c1. The number of carbonyl (C=O) groups excluding carboxylic acids is 1. The topological polar surface area (TPSA) is 78.3 Å². The number of carbonyl (C=O) groups is 1. The first-order chi connectivity index (χ1) is 15.5. The Hall–Kier alpha value is -3.65. The van der Waals surface area contributed by atoms with Crippen molar-refractivity contribution in [1.29, 1.82) is 0 Å². The monoisotopic (exact) mass is 492 g/mol. The Labute approximate surface area is 194 Å². The minimum Gasteiger partial charge on any atom is -0.497 e.